The van der Waals surface area contributed by atoms with E-state index in [0.29, 0.717) is 0 Å². The maximum absolute atomic E-state index is 12.6. The van der Waals surface area contributed by atoms with Gasteiger partial charge >= 0.3 is 15.5 Å². The average Bonchev–Trinajstić information content (AvgIpc) is 2.98. The lowest BCUT2D eigenvalue weighted by atomic mass is 10.1. The number of nitrogens with one attached hydrogen (secondary N) is 1. The zero-order valence-electron chi connectivity index (χ0n) is 12.7. The van der Waals surface area contributed by atoms with Crippen LogP contribution in [0.4, 0.5) is 18.9 Å². The lowest BCUT2D eigenvalue weighted by molar-refractivity contribution is -0.0429. The highest BCUT2D eigenvalue weighted by Crippen LogP contribution is 2.29. The van der Waals surface area contributed by atoms with Crippen LogP contribution >= 0.6 is 11.6 Å². The van der Waals surface area contributed by atoms with Gasteiger partial charge in [0.05, 0.1) is 11.4 Å². The monoisotopic (exact) mass is 384 g/mol. The second-order valence-electron chi connectivity index (χ2n) is 5.43. The summed E-state index contributed by atoms with van der Waals surface area (Å²) in [4.78, 5) is 5.36. The summed E-state index contributed by atoms with van der Waals surface area (Å²) in [6.07, 6.45) is 3.76. The van der Waals surface area contributed by atoms with E-state index in [0.717, 1.165) is 31.7 Å². The van der Waals surface area contributed by atoms with Gasteiger partial charge in [-0.15, -0.1) is 0 Å². The van der Waals surface area contributed by atoms with Gasteiger partial charge in [0.25, 0.3) is 0 Å². The molecule has 5 nitrogen and oxygen atoms in total. The Bertz CT molecular complexity index is 729. The molecule has 134 valence electrons. The molecule has 0 spiro atoms. The molecule has 1 saturated carbocycles. The Kier molecular flexibility index (Phi) is 5.64. The van der Waals surface area contributed by atoms with Crippen LogP contribution in [-0.2, 0) is 14.9 Å². The molecule has 0 aliphatic heterocycles. The average molecular weight is 385 g/mol. The Morgan fingerprint density at radius 1 is 1.33 bits per heavy atom. The molecule has 1 fully saturated rings. The first kappa shape index (κ1) is 18.9. The fraction of sp³-hybridized carbons (Fsp3) is 0.500. The van der Waals surface area contributed by atoms with E-state index in [4.69, 9.17) is 16.4 Å². The second-order valence-corrected chi connectivity index (χ2v) is 7.54. The van der Waals surface area contributed by atoms with Crippen molar-refractivity contribution >= 4 is 33.0 Å². The zero-order chi connectivity index (χ0) is 18.0. The Labute approximate surface area is 142 Å². The van der Waals surface area contributed by atoms with Crippen LogP contribution in [0.5, 0.6) is 0 Å². The normalized spacial score (nSPS) is 17.1. The Morgan fingerprint density at radius 2 is 1.96 bits per heavy atom. The third kappa shape index (κ3) is 4.54. The molecular formula is C14H16ClF3N2O3S. The van der Waals surface area contributed by atoms with Crippen molar-refractivity contribution in [1.29, 1.82) is 0 Å². The van der Waals surface area contributed by atoms with Gasteiger partial charge < -0.3 is 4.84 Å². The first-order valence-electron chi connectivity index (χ1n) is 7.19. The van der Waals surface area contributed by atoms with Gasteiger partial charge in [0.2, 0.25) is 0 Å². The summed E-state index contributed by atoms with van der Waals surface area (Å²) >= 11 is 5.85. The van der Waals surface area contributed by atoms with Gasteiger partial charge in [-0.25, -0.2) is 0 Å². The summed E-state index contributed by atoms with van der Waals surface area (Å²) in [5.41, 5.74) is -5.35. The minimum absolute atomic E-state index is 0.0329. The summed E-state index contributed by atoms with van der Waals surface area (Å²) in [5.74, 6) is 0. The third-order valence-corrected chi connectivity index (χ3v) is 4.89. The van der Waals surface area contributed by atoms with Gasteiger partial charge in [0.1, 0.15) is 6.10 Å². The largest absolute Gasteiger partial charge is 0.516 e. The first-order valence-corrected chi connectivity index (χ1v) is 9.06. The Balaban J connectivity index is 2.28. The summed E-state index contributed by atoms with van der Waals surface area (Å²) in [6.45, 7) is 1.51. The number of halogens is 4. The predicted molar refractivity (Wildman–Crippen MR) is 85.6 cm³/mol. The van der Waals surface area contributed by atoms with Gasteiger partial charge in [0, 0.05) is 10.6 Å². The maximum Gasteiger partial charge on any atom is 0.516 e. The molecule has 1 aliphatic rings. The summed E-state index contributed by atoms with van der Waals surface area (Å²) in [7, 11) is -5.54. The van der Waals surface area contributed by atoms with Crippen molar-refractivity contribution < 1.29 is 26.4 Å². The van der Waals surface area contributed by atoms with E-state index in [2.05, 4.69) is 5.16 Å². The molecule has 0 atom stereocenters. The lowest BCUT2D eigenvalue weighted by Crippen LogP contribution is -2.30. The fourth-order valence-electron chi connectivity index (χ4n) is 2.30. The molecule has 2 rings (SSSR count). The topological polar surface area (TPSA) is 67.8 Å². The highest BCUT2D eigenvalue weighted by Gasteiger charge is 2.46. The number of sulfonamides is 1. The van der Waals surface area contributed by atoms with E-state index in [-0.39, 0.29) is 28.1 Å². The van der Waals surface area contributed by atoms with E-state index >= 15 is 0 Å². The lowest BCUT2D eigenvalue weighted by Gasteiger charge is -2.15. The van der Waals surface area contributed by atoms with E-state index in [1.807, 2.05) is 0 Å². The van der Waals surface area contributed by atoms with Crippen LogP contribution in [0.25, 0.3) is 0 Å². The molecule has 0 aromatic heterocycles. The van der Waals surface area contributed by atoms with Crippen molar-refractivity contribution in [2.45, 2.75) is 44.2 Å². The standard InChI is InChI=1S/C14H16ClF3N2O3S/c1-9(19-23-11-4-2-3-5-11)12-8-10(15)6-7-13(12)20-24(21,22)14(16,17)18/h6-8,11,20H,2-5H2,1H3/b19-9-. The van der Waals surface area contributed by atoms with Crippen LogP contribution in [0, 0.1) is 0 Å². The summed E-state index contributed by atoms with van der Waals surface area (Å²) < 4.78 is 61.8. The van der Waals surface area contributed by atoms with Crippen molar-refractivity contribution in [2.24, 2.45) is 5.16 Å². The Hall–Kier alpha value is -1.48. The number of alkyl halides is 3. The Morgan fingerprint density at radius 3 is 2.54 bits per heavy atom. The van der Waals surface area contributed by atoms with Crippen LogP contribution in [-0.4, -0.2) is 25.7 Å². The molecule has 0 amide bonds. The van der Waals surface area contributed by atoms with Crippen molar-refractivity contribution in [3.63, 3.8) is 0 Å². The molecule has 24 heavy (non-hydrogen) atoms. The minimum Gasteiger partial charge on any atom is -0.392 e. The van der Waals surface area contributed by atoms with Crippen LogP contribution in [0.3, 0.4) is 0 Å². The van der Waals surface area contributed by atoms with E-state index < -0.39 is 15.5 Å². The second kappa shape index (κ2) is 7.18. The van der Waals surface area contributed by atoms with Crippen molar-refractivity contribution in [2.75, 3.05) is 4.72 Å². The van der Waals surface area contributed by atoms with E-state index in [9.17, 15) is 21.6 Å². The highest BCUT2D eigenvalue weighted by molar-refractivity contribution is 7.93. The molecule has 0 unspecified atom stereocenters. The molecule has 0 saturated heterocycles. The molecule has 10 heteroatoms. The van der Waals surface area contributed by atoms with Crippen LogP contribution < -0.4 is 4.72 Å². The number of benzene rings is 1. The highest BCUT2D eigenvalue weighted by atomic mass is 35.5. The SMILES string of the molecule is C/C(=N/OC1CCCC1)c1cc(Cl)ccc1NS(=O)(=O)C(F)(F)F. The number of rotatable bonds is 5. The fourth-order valence-corrected chi connectivity index (χ4v) is 3.06. The number of anilines is 1. The number of oxime groups is 1. The zero-order valence-corrected chi connectivity index (χ0v) is 14.3. The number of nitrogens with zero attached hydrogens (tertiary/aromatic N) is 1. The molecule has 1 N–H and O–H groups in total. The smallest absolute Gasteiger partial charge is 0.392 e. The van der Waals surface area contributed by atoms with Crippen molar-refractivity contribution in [3.05, 3.63) is 28.8 Å². The molecule has 0 radical (unpaired) electrons. The molecular weight excluding hydrogens is 369 g/mol. The molecule has 1 aromatic carbocycles. The van der Waals surface area contributed by atoms with Gasteiger partial charge in [-0.1, -0.05) is 16.8 Å². The van der Waals surface area contributed by atoms with Gasteiger partial charge in [-0.3, -0.25) is 4.72 Å². The molecule has 1 aromatic rings. The van der Waals surface area contributed by atoms with E-state index in [1.165, 1.54) is 23.8 Å². The van der Waals surface area contributed by atoms with Crippen LogP contribution in [0.1, 0.15) is 38.2 Å². The molecule has 0 heterocycles. The molecule has 0 bridgehead atoms. The van der Waals surface area contributed by atoms with E-state index in [1.54, 1.807) is 0 Å². The number of hydrogen-bond acceptors (Lipinski definition) is 4. The third-order valence-electron chi connectivity index (χ3n) is 3.56. The molecule has 1 aliphatic carbocycles. The quantitative estimate of drug-likeness (QED) is 0.608. The van der Waals surface area contributed by atoms with Crippen LogP contribution in [0.15, 0.2) is 23.4 Å². The van der Waals surface area contributed by atoms with Crippen molar-refractivity contribution in [3.8, 4) is 0 Å². The first-order chi connectivity index (χ1) is 11.1. The maximum atomic E-state index is 12.6. The van der Waals surface area contributed by atoms with Crippen LogP contribution in [0.2, 0.25) is 5.02 Å². The van der Waals surface area contributed by atoms with Gasteiger partial charge in [0.15, 0.2) is 0 Å². The summed E-state index contributed by atoms with van der Waals surface area (Å²) in [5, 5.41) is 4.14. The predicted octanol–water partition coefficient (Wildman–Crippen LogP) is 4.28. The number of hydrogen-bond donors (Lipinski definition) is 1. The van der Waals surface area contributed by atoms with Crippen molar-refractivity contribution in [1.82, 2.24) is 0 Å². The van der Waals surface area contributed by atoms with Gasteiger partial charge in [-0.05, 0) is 50.8 Å². The minimum atomic E-state index is -5.54. The summed E-state index contributed by atoms with van der Waals surface area (Å²) in [6, 6.07) is 3.76. The van der Waals surface area contributed by atoms with Gasteiger partial charge in [-0.2, -0.15) is 21.6 Å².